The van der Waals surface area contributed by atoms with Gasteiger partial charge in [-0.1, -0.05) is 47.6 Å². The molecule has 0 aliphatic rings. The zero-order chi connectivity index (χ0) is 13.4. The first-order chi connectivity index (χ1) is 7.53. The molecule has 94 valence electrons. The minimum atomic E-state index is -1.47. The van der Waals surface area contributed by atoms with Crippen molar-refractivity contribution in [3.05, 3.63) is 23.5 Å². The van der Waals surface area contributed by atoms with E-state index in [2.05, 4.69) is 25.8 Å². The molecule has 1 heterocycles. The summed E-state index contributed by atoms with van der Waals surface area (Å²) in [5.41, 5.74) is 1.96. The van der Waals surface area contributed by atoms with Gasteiger partial charge in [-0.2, -0.15) is 0 Å². The zero-order valence-electron chi connectivity index (χ0n) is 11.6. The van der Waals surface area contributed by atoms with Gasteiger partial charge in [-0.15, -0.1) is 0 Å². The second kappa shape index (κ2) is 4.43. The molecule has 0 spiro atoms. The molecule has 0 amide bonds. The van der Waals surface area contributed by atoms with E-state index in [4.69, 9.17) is 0 Å². The smallest absolute Gasteiger partial charge is 0.423 e. The van der Waals surface area contributed by atoms with Crippen LogP contribution in [0.15, 0.2) is 12.1 Å². The van der Waals surface area contributed by atoms with Gasteiger partial charge >= 0.3 is 7.12 Å². The lowest BCUT2D eigenvalue weighted by Crippen LogP contribution is -2.39. The van der Waals surface area contributed by atoms with E-state index >= 15 is 0 Å². The SMILES string of the molecule is CC(C)(C)c1ccc(B(O)O)c(C(C)(C)C)n1. The molecule has 0 aliphatic heterocycles. The van der Waals surface area contributed by atoms with E-state index in [1.807, 2.05) is 26.8 Å². The molecule has 0 saturated carbocycles. The molecule has 17 heavy (non-hydrogen) atoms. The average molecular weight is 235 g/mol. The Balaban J connectivity index is 3.41. The molecule has 1 rings (SSSR count). The molecular formula is C13H22BNO2. The number of rotatable bonds is 1. The fourth-order valence-corrected chi connectivity index (χ4v) is 1.70. The molecule has 0 bridgehead atoms. The van der Waals surface area contributed by atoms with Crippen LogP contribution in [0.5, 0.6) is 0 Å². The highest BCUT2D eigenvalue weighted by Gasteiger charge is 2.28. The Morgan fingerprint density at radius 1 is 0.941 bits per heavy atom. The topological polar surface area (TPSA) is 53.4 Å². The molecular weight excluding hydrogens is 213 g/mol. The lowest BCUT2D eigenvalue weighted by molar-refractivity contribution is 0.422. The van der Waals surface area contributed by atoms with Gasteiger partial charge in [0, 0.05) is 27.7 Å². The van der Waals surface area contributed by atoms with Crippen LogP contribution in [0, 0.1) is 0 Å². The first-order valence-electron chi connectivity index (χ1n) is 5.91. The van der Waals surface area contributed by atoms with Crippen molar-refractivity contribution in [2.45, 2.75) is 52.4 Å². The highest BCUT2D eigenvalue weighted by molar-refractivity contribution is 6.59. The van der Waals surface area contributed by atoms with Crippen LogP contribution < -0.4 is 5.46 Å². The lowest BCUT2D eigenvalue weighted by atomic mass is 9.72. The van der Waals surface area contributed by atoms with Gasteiger partial charge < -0.3 is 10.0 Å². The molecule has 0 unspecified atom stereocenters. The number of pyridine rings is 1. The summed E-state index contributed by atoms with van der Waals surface area (Å²) in [6, 6.07) is 3.63. The molecule has 1 aromatic heterocycles. The number of nitrogens with zero attached hydrogens (tertiary/aromatic N) is 1. The van der Waals surface area contributed by atoms with Crippen LogP contribution in [0.4, 0.5) is 0 Å². The van der Waals surface area contributed by atoms with Crippen molar-refractivity contribution in [3.63, 3.8) is 0 Å². The third-order valence-corrected chi connectivity index (χ3v) is 2.68. The van der Waals surface area contributed by atoms with E-state index < -0.39 is 7.12 Å². The second-order valence-electron chi connectivity index (χ2n) is 6.51. The molecule has 0 saturated heterocycles. The van der Waals surface area contributed by atoms with Crippen LogP contribution >= 0.6 is 0 Å². The molecule has 0 radical (unpaired) electrons. The Morgan fingerprint density at radius 2 is 1.47 bits per heavy atom. The van der Waals surface area contributed by atoms with Crippen molar-refractivity contribution in [1.82, 2.24) is 4.98 Å². The Morgan fingerprint density at radius 3 is 1.82 bits per heavy atom. The van der Waals surface area contributed by atoms with E-state index in [1.165, 1.54) is 0 Å². The fraction of sp³-hybridized carbons (Fsp3) is 0.615. The number of hydrogen-bond donors (Lipinski definition) is 2. The summed E-state index contributed by atoms with van der Waals surface area (Å²) in [4.78, 5) is 4.62. The summed E-state index contributed by atoms with van der Waals surface area (Å²) in [7, 11) is -1.47. The van der Waals surface area contributed by atoms with Gasteiger partial charge in [-0.05, 0) is 6.07 Å². The van der Waals surface area contributed by atoms with Gasteiger partial charge in [0.2, 0.25) is 0 Å². The van der Waals surface area contributed by atoms with Gasteiger partial charge in [0.15, 0.2) is 0 Å². The van der Waals surface area contributed by atoms with Gasteiger partial charge in [-0.3, -0.25) is 4.98 Å². The maximum absolute atomic E-state index is 9.38. The van der Waals surface area contributed by atoms with Crippen LogP contribution in [0.1, 0.15) is 52.9 Å². The second-order valence-corrected chi connectivity index (χ2v) is 6.51. The number of hydrogen-bond acceptors (Lipinski definition) is 3. The minimum Gasteiger partial charge on any atom is -0.423 e. The summed E-state index contributed by atoms with van der Waals surface area (Å²) < 4.78 is 0. The van der Waals surface area contributed by atoms with Crippen molar-refractivity contribution in [2.75, 3.05) is 0 Å². The standard InChI is InChI=1S/C13H22BNO2/c1-12(2,3)10-8-7-9(14(16)17)11(15-10)13(4,5)6/h7-8,16-17H,1-6H3. The summed E-state index contributed by atoms with van der Waals surface area (Å²) in [6.07, 6.45) is 0. The van der Waals surface area contributed by atoms with Crippen molar-refractivity contribution < 1.29 is 10.0 Å². The van der Waals surface area contributed by atoms with Gasteiger partial charge in [0.05, 0.1) is 0 Å². The van der Waals surface area contributed by atoms with E-state index in [0.717, 1.165) is 11.4 Å². The predicted octanol–water partition coefficient (Wildman–Crippen LogP) is 1.36. The predicted molar refractivity (Wildman–Crippen MR) is 71.5 cm³/mol. The number of aromatic nitrogens is 1. The first-order valence-corrected chi connectivity index (χ1v) is 5.91. The molecule has 4 heteroatoms. The Kier molecular flexibility index (Phi) is 3.70. The van der Waals surface area contributed by atoms with E-state index in [1.54, 1.807) is 6.07 Å². The molecule has 0 aliphatic carbocycles. The monoisotopic (exact) mass is 235 g/mol. The highest BCUT2D eigenvalue weighted by atomic mass is 16.4. The fourth-order valence-electron chi connectivity index (χ4n) is 1.70. The lowest BCUT2D eigenvalue weighted by Gasteiger charge is -2.26. The van der Waals surface area contributed by atoms with E-state index in [9.17, 15) is 10.0 Å². The minimum absolute atomic E-state index is 0.0427. The van der Waals surface area contributed by atoms with Crippen molar-refractivity contribution >= 4 is 12.6 Å². The summed E-state index contributed by atoms with van der Waals surface area (Å²) in [5, 5.41) is 18.8. The summed E-state index contributed by atoms with van der Waals surface area (Å²) >= 11 is 0. The summed E-state index contributed by atoms with van der Waals surface area (Å²) in [6.45, 7) is 12.3. The van der Waals surface area contributed by atoms with Crippen LogP contribution in [0.25, 0.3) is 0 Å². The Labute approximate surface area is 104 Å². The largest absolute Gasteiger partial charge is 0.490 e. The van der Waals surface area contributed by atoms with Crippen LogP contribution in [-0.4, -0.2) is 22.2 Å². The van der Waals surface area contributed by atoms with Crippen LogP contribution in [-0.2, 0) is 10.8 Å². The Hall–Kier alpha value is -0.865. The van der Waals surface area contributed by atoms with E-state index in [-0.39, 0.29) is 10.8 Å². The molecule has 3 nitrogen and oxygen atoms in total. The van der Waals surface area contributed by atoms with Crippen molar-refractivity contribution in [2.24, 2.45) is 0 Å². The third-order valence-electron chi connectivity index (χ3n) is 2.68. The van der Waals surface area contributed by atoms with E-state index in [0.29, 0.717) is 5.46 Å². The molecule has 0 aromatic carbocycles. The zero-order valence-corrected chi connectivity index (χ0v) is 11.6. The molecule has 2 N–H and O–H groups in total. The maximum atomic E-state index is 9.38. The Bertz CT molecular complexity index is 403. The maximum Gasteiger partial charge on any atom is 0.490 e. The van der Waals surface area contributed by atoms with Crippen LogP contribution in [0.3, 0.4) is 0 Å². The first kappa shape index (κ1) is 14.2. The molecule has 1 aromatic rings. The average Bonchev–Trinajstić information content (AvgIpc) is 2.14. The van der Waals surface area contributed by atoms with Crippen LogP contribution in [0.2, 0.25) is 0 Å². The van der Waals surface area contributed by atoms with Gasteiger partial charge in [0.25, 0.3) is 0 Å². The van der Waals surface area contributed by atoms with Gasteiger partial charge in [0.1, 0.15) is 0 Å². The highest BCUT2D eigenvalue weighted by Crippen LogP contribution is 2.24. The normalized spacial score (nSPS) is 12.7. The van der Waals surface area contributed by atoms with Crippen molar-refractivity contribution in [1.29, 1.82) is 0 Å². The van der Waals surface area contributed by atoms with Gasteiger partial charge in [-0.25, -0.2) is 0 Å². The quantitative estimate of drug-likeness (QED) is 0.722. The molecule has 0 atom stereocenters. The molecule has 0 fully saturated rings. The van der Waals surface area contributed by atoms with Crippen molar-refractivity contribution in [3.8, 4) is 0 Å². The summed E-state index contributed by atoms with van der Waals surface area (Å²) in [5.74, 6) is 0. The third kappa shape index (κ3) is 3.30.